The van der Waals surface area contributed by atoms with Gasteiger partial charge in [0, 0.05) is 12.2 Å². The van der Waals surface area contributed by atoms with Crippen LogP contribution in [0.15, 0.2) is 33.9 Å². The summed E-state index contributed by atoms with van der Waals surface area (Å²) in [5.74, 6) is 1.44. The molecule has 1 saturated heterocycles. The van der Waals surface area contributed by atoms with Crippen LogP contribution in [0.4, 0.5) is 0 Å². The Morgan fingerprint density at radius 2 is 2.24 bits per heavy atom. The molecule has 0 radical (unpaired) electrons. The van der Waals surface area contributed by atoms with E-state index < -0.39 is 0 Å². The van der Waals surface area contributed by atoms with Crippen LogP contribution in [0.2, 0.25) is 5.02 Å². The van der Waals surface area contributed by atoms with Crippen molar-refractivity contribution in [2.75, 3.05) is 6.61 Å². The molecule has 1 fully saturated rings. The SMILES string of the molecule is Clc1ccccc1-c1noc(CSc2nnnn2CC2CCCO2)n1. The van der Waals surface area contributed by atoms with Crippen LogP contribution in [0.5, 0.6) is 0 Å². The van der Waals surface area contributed by atoms with Crippen LogP contribution in [0.1, 0.15) is 18.7 Å². The Kier molecular flexibility index (Phi) is 4.95. The minimum atomic E-state index is 0.179. The zero-order valence-electron chi connectivity index (χ0n) is 13.2. The number of nitrogens with zero attached hydrogens (tertiary/aromatic N) is 6. The van der Waals surface area contributed by atoms with Gasteiger partial charge in [0.2, 0.25) is 16.9 Å². The lowest BCUT2D eigenvalue weighted by Crippen LogP contribution is -2.16. The van der Waals surface area contributed by atoms with Gasteiger partial charge in [-0.2, -0.15) is 4.98 Å². The second-order valence-electron chi connectivity index (χ2n) is 5.56. The highest BCUT2D eigenvalue weighted by Crippen LogP contribution is 2.26. The first-order valence-corrected chi connectivity index (χ1v) is 9.24. The Hall–Kier alpha value is -1.97. The van der Waals surface area contributed by atoms with Gasteiger partial charge in [-0.05, 0) is 35.4 Å². The first kappa shape index (κ1) is 16.5. The van der Waals surface area contributed by atoms with Gasteiger partial charge in [0.05, 0.1) is 23.4 Å². The third-order valence-electron chi connectivity index (χ3n) is 3.81. The van der Waals surface area contributed by atoms with Gasteiger partial charge in [-0.1, -0.05) is 40.7 Å². The Bertz CT molecular complexity index is 848. The first-order valence-electron chi connectivity index (χ1n) is 7.87. The normalized spacial score (nSPS) is 17.2. The van der Waals surface area contributed by atoms with Gasteiger partial charge in [-0.3, -0.25) is 0 Å². The molecule has 0 spiro atoms. The lowest BCUT2D eigenvalue weighted by molar-refractivity contribution is 0.0912. The van der Waals surface area contributed by atoms with Crippen molar-refractivity contribution in [3.05, 3.63) is 35.2 Å². The van der Waals surface area contributed by atoms with E-state index in [4.69, 9.17) is 20.9 Å². The maximum absolute atomic E-state index is 6.16. The van der Waals surface area contributed by atoms with Crippen molar-refractivity contribution in [1.29, 1.82) is 0 Å². The highest BCUT2D eigenvalue weighted by molar-refractivity contribution is 7.98. The molecular formula is C15H15ClN6O2S. The molecule has 8 nitrogen and oxygen atoms in total. The second kappa shape index (κ2) is 7.51. The fraction of sp³-hybridized carbons (Fsp3) is 0.400. The van der Waals surface area contributed by atoms with Crippen molar-refractivity contribution < 1.29 is 9.26 Å². The van der Waals surface area contributed by atoms with Crippen molar-refractivity contribution in [1.82, 2.24) is 30.3 Å². The zero-order valence-corrected chi connectivity index (χ0v) is 14.8. The van der Waals surface area contributed by atoms with Gasteiger partial charge in [-0.25, -0.2) is 4.68 Å². The Balaban J connectivity index is 1.41. The van der Waals surface area contributed by atoms with Gasteiger partial charge >= 0.3 is 0 Å². The van der Waals surface area contributed by atoms with Crippen LogP contribution in [0.25, 0.3) is 11.4 Å². The summed E-state index contributed by atoms with van der Waals surface area (Å²) >= 11 is 7.60. The predicted molar refractivity (Wildman–Crippen MR) is 91.1 cm³/mol. The molecule has 1 aliphatic heterocycles. The van der Waals surface area contributed by atoms with E-state index in [1.54, 1.807) is 10.7 Å². The number of hydrogen-bond acceptors (Lipinski definition) is 8. The number of tetrazole rings is 1. The molecule has 3 aromatic rings. The van der Waals surface area contributed by atoms with Crippen molar-refractivity contribution >= 4 is 23.4 Å². The number of ether oxygens (including phenoxy) is 1. The minimum Gasteiger partial charge on any atom is -0.376 e. The average Bonchev–Trinajstić information content (AvgIpc) is 3.36. The molecule has 0 bridgehead atoms. The van der Waals surface area contributed by atoms with Crippen LogP contribution in [-0.4, -0.2) is 43.1 Å². The van der Waals surface area contributed by atoms with Crippen molar-refractivity contribution in [2.24, 2.45) is 0 Å². The summed E-state index contributed by atoms with van der Waals surface area (Å²) in [5, 5.41) is 17.1. The van der Waals surface area contributed by atoms with E-state index >= 15 is 0 Å². The summed E-state index contributed by atoms with van der Waals surface area (Å²) in [6.07, 6.45) is 2.30. The molecule has 1 atom stereocenters. The number of benzene rings is 1. The summed E-state index contributed by atoms with van der Waals surface area (Å²) in [7, 11) is 0. The number of hydrogen-bond donors (Lipinski definition) is 0. The molecule has 1 unspecified atom stereocenters. The van der Waals surface area contributed by atoms with Crippen LogP contribution < -0.4 is 0 Å². The van der Waals surface area contributed by atoms with Crippen LogP contribution in [0.3, 0.4) is 0 Å². The number of aromatic nitrogens is 6. The van der Waals surface area contributed by atoms with E-state index in [1.807, 2.05) is 18.2 Å². The molecule has 0 saturated carbocycles. The molecular weight excluding hydrogens is 364 g/mol. The number of thioether (sulfide) groups is 1. The monoisotopic (exact) mass is 378 g/mol. The van der Waals surface area contributed by atoms with Crippen LogP contribution >= 0.6 is 23.4 Å². The van der Waals surface area contributed by atoms with Gasteiger partial charge in [0.25, 0.3) is 0 Å². The minimum absolute atomic E-state index is 0.179. The van der Waals surface area contributed by atoms with E-state index in [1.165, 1.54) is 11.8 Å². The van der Waals surface area contributed by atoms with Crippen LogP contribution in [-0.2, 0) is 17.0 Å². The maximum atomic E-state index is 6.16. The molecule has 2 aromatic heterocycles. The summed E-state index contributed by atoms with van der Waals surface area (Å²) in [6, 6.07) is 7.38. The highest BCUT2D eigenvalue weighted by atomic mass is 35.5. The quantitative estimate of drug-likeness (QED) is 0.604. The molecule has 10 heteroatoms. The maximum Gasteiger partial charge on any atom is 0.237 e. The molecule has 130 valence electrons. The second-order valence-corrected chi connectivity index (χ2v) is 6.91. The molecule has 0 aliphatic carbocycles. The standard InChI is InChI=1S/C15H15ClN6O2S/c16-12-6-2-1-5-11(12)14-17-13(24-19-14)9-25-15-18-20-21-22(15)8-10-4-3-7-23-10/h1-2,5-6,10H,3-4,7-9H2. The van der Waals surface area contributed by atoms with E-state index in [9.17, 15) is 0 Å². The van der Waals surface area contributed by atoms with Crippen molar-refractivity contribution in [3.8, 4) is 11.4 Å². The lowest BCUT2D eigenvalue weighted by Gasteiger charge is -2.09. The van der Waals surface area contributed by atoms with Gasteiger partial charge in [0.15, 0.2) is 0 Å². The van der Waals surface area contributed by atoms with Gasteiger partial charge in [-0.15, -0.1) is 5.10 Å². The Morgan fingerprint density at radius 1 is 1.32 bits per heavy atom. The summed E-state index contributed by atoms with van der Waals surface area (Å²) < 4.78 is 12.7. The van der Waals surface area contributed by atoms with E-state index in [2.05, 4.69) is 25.7 Å². The fourth-order valence-electron chi connectivity index (χ4n) is 2.59. The van der Waals surface area contributed by atoms with Crippen molar-refractivity contribution in [3.63, 3.8) is 0 Å². The molecule has 0 N–H and O–H groups in total. The fourth-order valence-corrected chi connectivity index (χ4v) is 3.53. The van der Waals surface area contributed by atoms with Gasteiger partial charge in [0.1, 0.15) is 0 Å². The Labute approximate surface area is 152 Å². The molecule has 3 heterocycles. The number of rotatable bonds is 6. The third-order valence-corrected chi connectivity index (χ3v) is 5.08. The summed E-state index contributed by atoms with van der Waals surface area (Å²) in [5.41, 5.74) is 0.743. The molecule has 25 heavy (non-hydrogen) atoms. The van der Waals surface area contributed by atoms with Gasteiger partial charge < -0.3 is 9.26 Å². The number of halogens is 1. The smallest absolute Gasteiger partial charge is 0.237 e. The topological polar surface area (TPSA) is 91.8 Å². The molecule has 4 rings (SSSR count). The molecule has 0 amide bonds. The van der Waals surface area contributed by atoms with Crippen LogP contribution in [0, 0.1) is 0 Å². The predicted octanol–water partition coefficient (Wildman–Crippen LogP) is 2.85. The largest absolute Gasteiger partial charge is 0.376 e. The molecule has 1 aliphatic rings. The zero-order chi connectivity index (χ0) is 17.1. The third kappa shape index (κ3) is 3.83. The highest BCUT2D eigenvalue weighted by Gasteiger charge is 2.19. The summed E-state index contributed by atoms with van der Waals surface area (Å²) in [6.45, 7) is 1.46. The van der Waals surface area contributed by atoms with E-state index in [-0.39, 0.29) is 6.10 Å². The Morgan fingerprint density at radius 3 is 3.08 bits per heavy atom. The average molecular weight is 379 g/mol. The van der Waals surface area contributed by atoms with Crippen molar-refractivity contribution in [2.45, 2.75) is 36.4 Å². The first-order chi connectivity index (χ1) is 12.3. The lowest BCUT2D eigenvalue weighted by atomic mass is 10.2. The summed E-state index contributed by atoms with van der Waals surface area (Å²) in [4.78, 5) is 4.39. The van der Waals surface area contributed by atoms with E-state index in [0.717, 1.165) is 25.0 Å². The molecule has 1 aromatic carbocycles. The van der Waals surface area contributed by atoms with E-state index in [0.29, 0.717) is 34.2 Å².